The molecule has 4 nitrogen and oxygen atoms in total. The van der Waals surface area contributed by atoms with Gasteiger partial charge in [0, 0.05) is 17.8 Å². The van der Waals surface area contributed by atoms with E-state index in [-0.39, 0.29) is 24.1 Å². The van der Waals surface area contributed by atoms with Gasteiger partial charge in [0.1, 0.15) is 5.82 Å². The number of thiophene rings is 1. The van der Waals surface area contributed by atoms with Crippen LogP contribution in [0.2, 0.25) is 0 Å². The fraction of sp³-hybridized carbons (Fsp3) is 0.294. The minimum absolute atomic E-state index is 0.0184. The zero-order chi connectivity index (χ0) is 17.0. The van der Waals surface area contributed by atoms with Gasteiger partial charge in [-0.1, -0.05) is 19.1 Å². The van der Waals surface area contributed by atoms with Crippen molar-refractivity contribution in [3.63, 3.8) is 0 Å². The van der Waals surface area contributed by atoms with Gasteiger partial charge in [0.25, 0.3) is 5.91 Å². The molecule has 0 bridgehead atoms. The smallest absolute Gasteiger partial charge is 0.303 e. The Morgan fingerprint density at radius 1 is 1.30 bits per heavy atom. The zero-order valence-electron chi connectivity index (χ0n) is 12.9. The number of aryl methyl sites for hydroxylation is 1. The van der Waals surface area contributed by atoms with Crippen LogP contribution in [-0.4, -0.2) is 23.5 Å². The maximum Gasteiger partial charge on any atom is 0.303 e. The van der Waals surface area contributed by atoms with E-state index in [2.05, 4.69) is 5.32 Å². The van der Waals surface area contributed by atoms with E-state index in [0.717, 1.165) is 16.0 Å². The molecule has 0 aliphatic carbocycles. The molecule has 0 saturated carbocycles. The Labute approximate surface area is 138 Å². The molecule has 0 saturated heterocycles. The average Bonchev–Trinajstić information content (AvgIpc) is 2.87. The molecular formula is C17H18FNO3S. The van der Waals surface area contributed by atoms with Crippen molar-refractivity contribution in [1.29, 1.82) is 0 Å². The number of halogens is 1. The van der Waals surface area contributed by atoms with Gasteiger partial charge in [-0.3, -0.25) is 9.59 Å². The number of carboxylic acid groups (broad SMARTS) is 1. The number of hydrogen-bond donors (Lipinski definition) is 2. The Bertz CT molecular complexity index is 709. The molecule has 0 aliphatic heterocycles. The normalized spacial score (nSPS) is 12.0. The van der Waals surface area contributed by atoms with Crippen molar-refractivity contribution >= 4 is 23.2 Å². The second kappa shape index (κ2) is 7.37. The number of carbonyl (C=O) groups is 2. The predicted molar refractivity (Wildman–Crippen MR) is 88.2 cm³/mol. The lowest BCUT2D eigenvalue weighted by Crippen LogP contribution is -2.28. The van der Waals surface area contributed by atoms with Gasteiger partial charge in [-0.05, 0) is 42.2 Å². The van der Waals surface area contributed by atoms with Crippen molar-refractivity contribution < 1.29 is 19.1 Å². The molecule has 1 unspecified atom stereocenters. The van der Waals surface area contributed by atoms with E-state index >= 15 is 0 Å². The largest absolute Gasteiger partial charge is 0.481 e. The molecule has 1 heterocycles. The second-order valence-electron chi connectivity index (χ2n) is 5.50. The van der Waals surface area contributed by atoms with Crippen LogP contribution < -0.4 is 5.32 Å². The van der Waals surface area contributed by atoms with Crippen molar-refractivity contribution in [1.82, 2.24) is 5.32 Å². The van der Waals surface area contributed by atoms with Crippen molar-refractivity contribution in [2.75, 3.05) is 6.54 Å². The van der Waals surface area contributed by atoms with Gasteiger partial charge in [0.2, 0.25) is 0 Å². The summed E-state index contributed by atoms with van der Waals surface area (Å²) in [6, 6.07) is 7.92. The molecular weight excluding hydrogens is 317 g/mol. The second-order valence-corrected chi connectivity index (χ2v) is 6.76. The van der Waals surface area contributed by atoms with Gasteiger partial charge < -0.3 is 10.4 Å². The quantitative estimate of drug-likeness (QED) is 0.846. The summed E-state index contributed by atoms with van der Waals surface area (Å²) in [6.45, 7) is 4.00. The first kappa shape index (κ1) is 17.1. The molecule has 1 aromatic carbocycles. The minimum atomic E-state index is -0.877. The molecule has 1 amide bonds. The minimum Gasteiger partial charge on any atom is -0.481 e. The summed E-state index contributed by atoms with van der Waals surface area (Å²) in [5, 5.41) is 11.5. The van der Waals surface area contributed by atoms with Crippen LogP contribution in [0, 0.1) is 18.7 Å². The fourth-order valence-corrected chi connectivity index (χ4v) is 3.19. The van der Waals surface area contributed by atoms with Gasteiger partial charge in [-0.25, -0.2) is 4.39 Å². The SMILES string of the molecule is Cc1sc(C(=O)NCC(C)CC(=O)O)cc1-c1ccc(F)cc1. The summed E-state index contributed by atoms with van der Waals surface area (Å²) >= 11 is 1.36. The molecule has 0 fully saturated rings. The van der Waals surface area contributed by atoms with Gasteiger partial charge in [0.15, 0.2) is 0 Å². The van der Waals surface area contributed by atoms with Crippen molar-refractivity contribution in [3.8, 4) is 11.1 Å². The molecule has 122 valence electrons. The van der Waals surface area contributed by atoms with Crippen LogP contribution in [0.5, 0.6) is 0 Å². The number of benzene rings is 1. The van der Waals surface area contributed by atoms with Gasteiger partial charge >= 0.3 is 5.97 Å². The lowest BCUT2D eigenvalue weighted by Gasteiger charge is -2.09. The molecule has 0 spiro atoms. The molecule has 0 radical (unpaired) electrons. The van der Waals surface area contributed by atoms with Crippen LogP contribution in [0.3, 0.4) is 0 Å². The highest BCUT2D eigenvalue weighted by Crippen LogP contribution is 2.31. The van der Waals surface area contributed by atoms with Crippen molar-refractivity contribution in [2.24, 2.45) is 5.92 Å². The number of rotatable bonds is 6. The van der Waals surface area contributed by atoms with E-state index < -0.39 is 5.97 Å². The van der Waals surface area contributed by atoms with Crippen LogP contribution >= 0.6 is 11.3 Å². The third-order valence-electron chi connectivity index (χ3n) is 3.43. The Balaban J connectivity index is 2.06. The fourth-order valence-electron chi connectivity index (χ4n) is 2.23. The Hall–Kier alpha value is -2.21. The molecule has 2 N–H and O–H groups in total. The van der Waals surface area contributed by atoms with E-state index in [0.29, 0.717) is 11.4 Å². The first-order valence-electron chi connectivity index (χ1n) is 7.23. The summed E-state index contributed by atoms with van der Waals surface area (Å²) < 4.78 is 13.0. The van der Waals surface area contributed by atoms with Crippen molar-refractivity contribution in [3.05, 3.63) is 45.9 Å². The Morgan fingerprint density at radius 3 is 2.57 bits per heavy atom. The topological polar surface area (TPSA) is 66.4 Å². The Morgan fingerprint density at radius 2 is 1.96 bits per heavy atom. The highest BCUT2D eigenvalue weighted by Gasteiger charge is 2.15. The van der Waals surface area contributed by atoms with E-state index in [1.807, 2.05) is 6.92 Å². The van der Waals surface area contributed by atoms with Crippen LogP contribution in [0.25, 0.3) is 11.1 Å². The highest BCUT2D eigenvalue weighted by molar-refractivity contribution is 7.14. The summed E-state index contributed by atoms with van der Waals surface area (Å²) in [7, 11) is 0. The van der Waals surface area contributed by atoms with Crippen LogP contribution in [0.4, 0.5) is 4.39 Å². The van der Waals surface area contributed by atoms with E-state index in [9.17, 15) is 14.0 Å². The number of carbonyl (C=O) groups excluding carboxylic acids is 1. The number of nitrogens with one attached hydrogen (secondary N) is 1. The monoisotopic (exact) mass is 335 g/mol. The molecule has 2 aromatic rings. The van der Waals surface area contributed by atoms with E-state index in [4.69, 9.17) is 5.11 Å². The number of carboxylic acids is 1. The van der Waals surface area contributed by atoms with Crippen molar-refractivity contribution in [2.45, 2.75) is 20.3 Å². The summed E-state index contributed by atoms with van der Waals surface area (Å²) in [5.74, 6) is -1.53. The highest BCUT2D eigenvalue weighted by atomic mass is 32.1. The number of hydrogen-bond acceptors (Lipinski definition) is 3. The van der Waals surface area contributed by atoms with Gasteiger partial charge in [-0.15, -0.1) is 11.3 Å². The van der Waals surface area contributed by atoms with E-state index in [1.54, 1.807) is 25.1 Å². The third kappa shape index (κ3) is 4.63. The summed E-state index contributed by atoms with van der Waals surface area (Å²) in [5.41, 5.74) is 1.76. The molecule has 23 heavy (non-hydrogen) atoms. The van der Waals surface area contributed by atoms with Gasteiger partial charge in [-0.2, -0.15) is 0 Å². The molecule has 1 atom stereocenters. The van der Waals surface area contributed by atoms with Gasteiger partial charge in [0.05, 0.1) is 4.88 Å². The Kier molecular flexibility index (Phi) is 5.50. The van der Waals surface area contributed by atoms with E-state index in [1.165, 1.54) is 23.5 Å². The molecule has 6 heteroatoms. The first-order valence-corrected chi connectivity index (χ1v) is 8.05. The predicted octanol–water partition coefficient (Wildman–Crippen LogP) is 3.70. The van der Waals surface area contributed by atoms with Crippen LogP contribution in [0.15, 0.2) is 30.3 Å². The number of aliphatic carboxylic acids is 1. The van der Waals surface area contributed by atoms with Crippen LogP contribution in [-0.2, 0) is 4.79 Å². The maximum atomic E-state index is 13.0. The summed E-state index contributed by atoms with van der Waals surface area (Å²) in [4.78, 5) is 24.3. The maximum absolute atomic E-state index is 13.0. The molecule has 2 rings (SSSR count). The number of amides is 1. The lowest BCUT2D eigenvalue weighted by molar-refractivity contribution is -0.137. The third-order valence-corrected chi connectivity index (χ3v) is 4.48. The summed E-state index contributed by atoms with van der Waals surface area (Å²) in [6.07, 6.45) is 0.0184. The molecule has 0 aliphatic rings. The lowest BCUT2D eigenvalue weighted by atomic mass is 10.1. The zero-order valence-corrected chi connectivity index (χ0v) is 13.7. The molecule has 1 aromatic heterocycles. The van der Waals surface area contributed by atoms with Crippen LogP contribution in [0.1, 0.15) is 27.9 Å². The standard InChI is InChI=1S/C17H18FNO3S/c1-10(7-16(20)21)9-19-17(22)15-8-14(11(2)23-15)12-3-5-13(18)6-4-12/h3-6,8,10H,7,9H2,1-2H3,(H,19,22)(H,20,21). The first-order chi connectivity index (χ1) is 10.9. The average molecular weight is 335 g/mol.